The minimum atomic E-state index is -4.36. The molecule has 4 rings (SSSR count). The molecule has 1 aromatic heterocycles. The van der Waals surface area contributed by atoms with Gasteiger partial charge in [-0.1, -0.05) is 18.9 Å². The number of aliphatic hydroxyl groups excluding tert-OH is 1. The van der Waals surface area contributed by atoms with Crippen molar-refractivity contribution in [2.24, 2.45) is 0 Å². The molecule has 1 saturated heterocycles. The van der Waals surface area contributed by atoms with Crippen LogP contribution >= 0.6 is 11.8 Å². The Bertz CT molecular complexity index is 1250. The minimum absolute atomic E-state index is 0.220. The van der Waals surface area contributed by atoms with Crippen molar-refractivity contribution in [3.05, 3.63) is 54.2 Å². The van der Waals surface area contributed by atoms with Gasteiger partial charge in [-0.2, -0.15) is 13.2 Å². The third kappa shape index (κ3) is 7.85. The van der Waals surface area contributed by atoms with Gasteiger partial charge < -0.3 is 25.2 Å². The van der Waals surface area contributed by atoms with E-state index in [0.717, 1.165) is 48.4 Å². The van der Waals surface area contributed by atoms with E-state index in [1.165, 1.54) is 9.46 Å². The summed E-state index contributed by atoms with van der Waals surface area (Å²) in [5.41, 5.74) is 2.60. The number of hydrogen-bond acceptors (Lipinski definition) is 5. The highest BCUT2D eigenvalue weighted by Crippen LogP contribution is 2.31. The third-order valence-corrected chi connectivity index (χ3v) is 7.41. The van der Waals surface area contributed by atoms with Gasteiger partial charge in [0.2, 0.25) is 0 Å². The van der Waals surface area contributed by atoms with E-state index in [4.69, 9.17) is 0 Å². The van der Waals surface area contributed by atoms with E-state index in [1.807, 2.05) is 30.3 Å². The van der Waals surface area contributed by atoms with Gasteiger partial charge in [-0.3, -0.25) is 0 Å². The Labute approximate surface area is 226 Å². The summed E-state index contributed by atoms with van der Waals surface area (Å²) in [5.74, 6) is 6.97. The first-order valence-electron chi connectivity index (χ1n) is 13.0. The Balaban J connectivity index is 1.50. The number of hydrogen-bond donors (Lipinski definition) is 3. The monoisotopic (exact) mass is 544 g/mol. The van der Waals surface area contributed by atoms with Crippen LogP contribution in [-0.4, -0.2) is 64.8 Å². The predicted octanol–water partition coefficient (Wildman–Crippen LogP) is 6.04. The minimum Gasteiger partial charge on any atom is -0.392 e. The molecule has 0 amide bonds. The van der Waals surface area contributed by atoms with Crippen molar-refractivity contribution in [3.8, 4) is 11.8 Å². The van der Waals surface area contributed by atoms with Crippen LogP contribution in [0.3, 0.4) is 0 Å². The first-order chi connectivity index (χ1) is 18.2. The van der Waals surface area contributed by atoms with Crippen LogP contribution in [0.5, 0.6) is 0 Å². The predicted molar refractivity (Wildman–Crippen MR) is 151 cm³/mol. The fraction of sp³-hybridized carbons (Fsp3) is 0.448. The van der Waals surface area contributed by atoms with Crippen molar-refractivity contribution in [1.29, 1.82) is 0 Å². The molecular weight excluding hydrogens is 509 g/mol. The van der Waals surface area contributed by atoms with Crippen molar-refractivity contribution in [2.75, 3.05) is 42.6 Å². The largest absolute Gasteiger partial charge is 0.406 e. The second kappa shape index (κ2) is 12.8. The molecule has 1 fully saturated rings. The van der Waals surface area contributed by atoms with Crippen molar-refractivity contribution in [3.63, 3.8) is 0 Å². The number of β-amino-alcohol motifs (C(OH)–C–C–N with tert-alkyl or cyclic N) is 1. The van der Waals surface area contributed by atoms with Crippen LogP contribution in [0, 0.1) is 11.8 Å². The van der Waals surface area contributed by atoms with E-state index in [-0.39, 0.29) is 12.1 Å². The highest BCUT2D eigenvalue weighted by molar-refractivity contribution is 7.99. The lowest BCUT2D eigenvalue weighted by Crippen LogP contribution is -2.41. The number of anilines is 2. The van der Waals surface area contributed by atoms with E-state index < -0.39 is 12.7 Å². The molecule has 38 heavy (non-hydrogen) atoms. The number of aliphatic hydroxyl groups is 1. The summed E-state index contributed by atoms with van der Waals surface area (Å²) in [4.78, 5) is 3.43. The Morgan fingerprint density at radius 2 is 1.87 bits per heavy atom. The lowest BCUT2D eigenvalue weighted by molar-refractivity contribution is -0.140. The molecule has 1 unspecified atom stereocenters. The normalized spacial score (nSPS) is 15.7. The highest BCUT2D eigenvalue weighted by Gasteiger charge is 2.30. The lowest BCUT2D eigenvalue weighted by Gasteiger charge is -2.33. The average Bonchev–Trinajstić information content (AvgIpc) is 3.20. The second-order valence-electron chi connectivity index (χ2n) is 9.65. The maximum atomic E-state index is 13.5. The Morgan fingerprint density at radius 1 is 1.13 bits per heavy atom. The summed E-state index contributed by atoms with van der Waals surface area (Å²) in [6.07, 6.45) is -2.91. The van der Waals surface area contributed by atoms with Gasteiger partial charge in [0.25, 0.3) is 0 Å². The second-order valence-corrected chi connectivity index (χ2v) is 11.0. The van der Waals surface area contributed by atoms with E-state index in [9.17, 15) is 18.3 Å². The van der Waals surface area contributed by atoms with Gasteiger partial charge in [-0.25, -0.2) is 0 Å². The van der Waals surface area contributed by atoms with Crippen LogP contribution in [0.15, 0.2) is 53.4 Å². The third-order valence-electron chi connectivity index (χ3n) is 6.52. The summed E-state index contributed by atoms with van der Waals surface area (Å²) >= 11 is 1.76. The topological polar surface area (TPSA) is 52.5 Å². The molecule has 204 valence electrons. The Kier molecular flexibility index (Phi) is 9.53. The zero-order valence-corrected chi connectivity index (χ0v) is 22.6. The molecule has 0 radical (unpaired) electrons. The van der Waals surface area contributed by atoms with Gasteiger partial charge in [0.15, 0.2) is 0 Å². The maximum absolute atomic E-state index is 13.5. The maximum Gasteiger partial charge on any atom is 0.406 e. The van der Waals surface area contributed by atoms with Crippen LogP contribution in [0.25, 0.3) is 10.9 Å². The quantitative estimate of drug-likeness (QED) is 0.227. The van der Waals surface area contributed by atoms with E-state index in [2.05, 4.69) is 34.3 Å². The molecule has 5 nitrogen and oxygen atoms in total. The summed E-state index contributed by atoms with van der Waals surface area (Å²) < 4.78 is 41.8. The molecule has 0 bridgehead atoms. The Morgan fingerprint density at radius 3 is 2.53 bits per heavy atom. The van der Waals surface area contributed by atoms with Gasteiger partial charge in [-0.05, 0) is 73.9 Å². The molecule has 1 atom stereocenters. The number of thioether (sulfide) groups is 1. The number of benzene rings is 2. The summed E-state index contributed by atoms with van der Waals surface area (Å²) in [6, 6.07) is 15.4. The fourth-order valence-corrected chi connectivity index (χ4v) is 5.50. The number of aromatic nitrogens is 1. The summed E-state index contributed by atoms with van der Waals surface area (Å²) in [5, 5.41) is 17.2. The van der Waals surface area contributed by atoms with Crippen LogP contribution in [-0.2, 0) is 6.54 Å². The number of alkyl halides is 3. The summed E-state index contributed by atoms with van der Waals surface area (Å²) in [6.45, 7) is 5.53. The molecule has 9 heteroatoms. The lowest BCUT2D eigenvalue weighted by atomic mass is 10.0. The molecule has 1 aliphatic rings. The van der Waals surface area contributed by atoms with Gasteiger partial charge >= 0.3 is 6.18 Å². The molecule has 0 spiro atoms. The number of nitrogens with one attached hydrogen (secondary N) is 2. The first kappa shape index (κ1) is 28.2. The number of rotatable bonds is 9. The SMILES string of the molecule is CCSc1ccc(NCC#Cc2cc3c(NC4CCN(CC(C)O)CC4)cccc3n2CC(F)(F)F)cc1. The first-order valence-corrected chi connectivity index (χ1v) is 14.0. The van der Waals surface area contributed by atoms with Crippen LogP contribution in [0.1, 0.15) is 32.4 Å². The zero-order chi connectivity index (χ0) is 27.1. The van der Waals surface area contributed by atoms with Crippen LogP contribution < -0.4 is 10.6 Å². The molecule has 3 N–H and O–H groups in total. The number of fused-ring (bicyclic) bond motifs is 1. The molecule has 0 saturated carbocycles. The number of nitrogens with zero attached hydrogens (tertiary/aromatic N) is 2. The number of piperidine rings is 1. The van der Waals surface area contributed by atoms with E-state index in [1.54, 1.807) is 36.9 Å². The van der Waals surface area contributed by atoms with E-state index in [0.29, 0.717) is 24.3 Å². The van der Waals surface area contributed by atoms with Gasteiger partial charge in [0.05, 0.1) is 23.9 Å². The van der Waals surface area contributed by atoms with Gasteiger partial charge in [-0.15, -0.1) is 11.8 Å². The van der Waals surface area contributed by atoms with E-state index >= 15 is 0 Å². The number of likely N-dealkylation sites (tertiary alicyclic amines) is 1. The molecule has 1 aliphatic heterocycles. The molecule has 2 aromatic carbocycles. The number of halogens is 3. The van der Waals surface area contributed by atoms with Crippen LogP contribution in [0.4, 0.5) is 24.5 Å². The molecular formula is C29H35F3N4OS. The molecule has 3 aromatic rings. The van der Waals surface area contributed by atoms with Crippen molar-refractivity contribution < 1.29 is 18.3 Å². The summed E-state index contributed by atoms with van der Waals surface area (Å²) in [7, 11) is 0. The van der Waals surface area contributed by atoms with Gasteiger partial charge in [0, 0.05) is 47.3 Å². The average molecular weight is 545 g/mol. The zero-order valence-electron chi connectivity index (χ0n) is 21.8. The molecule has 0 aliphatic carbocycles. The molecule has 2 heterocycles. The van der Waals surface area contributed by atoms with Crippen molar-refractivity contribution in [2.45, 2.75) is 56.5 Å². The van der Waals surface area contributed by atoms with Crippen molar-refractivity contribution in [1.82, 2.24) is 9.47 Å². The van der Waals surface area contributed by atoms with Crippen molar-refractivity contribution >= 4 is 34.0 Å². The standard InChI is InChI=1S/C29H35F3N4OS/c1-3-38-25-11-9-22(10-12-25)33-15-5-6-24-18-26-27(7-4-8-28(26)36(24)20-29(30,31)32)34-23-13-16-35(17-14-23)19-21(2)37/h4,7-12,18,21,23,33-34,37H,3,13-17,19-20H2,1-2H3. The smallest absolute Gasteiger partial charge is 0.392 e. The van der Waals surface area contributed by atoms with Crippen LogP contribution in [0.2, 0.25) is 0 Å². The fourth-order valence-electron chi connectivity index (χ4n) is 4.83. The highest BCUT2D eigenvalue weighted by atomic mass is 32.2. The Hall–Kier alpha value is -2.80. The van der Waals surface area contributed by atoms with Gasteiger partial charge in [0.1, 0.15) is 6.54 Å².